The molecular weight excluding hydrogens is 709 g/mol. The molecule has 3 heteroatoms. The maximum atomic E-state index is 2.57. The van der Waals surface area contributed by atoms with Gasteiger partial charge in [-0.25, -0.2) is 0 Å². The number of thiophene rings is 1. The smallest absolute Gasteiger partial charge is 0.0543 e. The molecule has 268 valence electrons. The molecule has 57 heavy (non-hydrogen) atoms. The highest BCUT2D eigenvalue weighted by Crippen LogP contribution is 2.46. The van der Waals surface area contributed by atoms with E-state index in [0.29, 0.717) is 0 Å². The fraction of sp³-hybridized carbons (Fsp3) is 0.0370. The molecule has 0 N–H and O–H groups in total. The van der Waals surface area contributed by atoms with E-state index in [2.05, 4.69) is 203 Å². The number of rotatable bonds is 5. The summed E-state index contributed by atoms with van der Waals surface area (Å²) in [6.07, 6.45) is 6.76. The van der Waals surface area contributed by atoms with Crippen LogP contribution in [-0.4, -0.2) is 9.13 Å². The van der Waals surface area contributed by atoms with E-state index >= 15 is 0 Å². The molecule has 0 saturated carbocycles. The molecule has 1 aliphatic rings. The predicted octanol–water partition coefficient (Wildman–Crippen LogP) is 15.1. The normalized spacial score (nSPS) is 12.7. The Morgan fingerprint density at radius 1 is 0.421 bits per heavy atom. The lowest BCUT2D eigenvalue weighted by atomic mass is 9.95. The average Bonchev–Trinajstić information content (AvgIpc) is 3.94. The third-order valence-electron chi connectivity index (χ3n) is 12.0. The highest BCUT2D eigenvalue weighted by molar-refractivity contribution is 7.26. The van der Waals surface area contributed by atoms with Crippen LogP contribution in [0.3, 0.4) is 0 Å². The first-order valence-corrected chi connectivity index (χ1v) is 20.6. The molecule has 11 aromatic rings. The largest absolute Gasteiger partial charge is 0.313 e. The molecule has 0 spiro atoms. The third kappa shape index (κ3) is 5.02. The van der Waals surface area contributed by atoms with Crippen LogP contribution in [0.5, 0.6) is 0 Å². The Kier molecular flexibility index (Phi) is 7.26. The lowest BCUT2D eigenvalue weighted by Crippen LogP contribution is -2.03. The maximum Gasteiger partial charge on any atom is 0.0543 e. The summed E-state index contributed by atoms with van der Waals surface area (Å²) in [6.45, 7) is 0. The van der Waals surface area contributed by atoms with Crippen molar-refractivity contribution < 1.29 is 0 Å². The Balaban J connectivity index is 1.08. The van der Waals surface area contributed by atoms with E-state index in [0.717, 1.165) is 12.8 Å². The van der Waals surface area contributed by atoms with Crippen molar-refractivity contribution in [3.05, 3.63) is 199 Å². The number of hydrogen-bond donors (Lipinski definition) is 0. The van der Waals surface area contributed by atoms with Gasteiger partial charge in [-0.2, -0.15) is 0 Å². The second-order valence-electron chi connectivity index (χ2n) is 15.2. The Labute approximate surface area is 334 Å². The van der Waals surface area contributed by atoms with E-state index in [1.54, 1.807) is 0 Å². The molecule has 12 rings (SSSR count). The van der Waals surface area contributed by atoms with Crippen molar-refractivity contribution in [2.75, 3.05) is 0 Å². The molecule has 3 aromatic heterocycles. The molecule has 0 bridgehead atoms. The van der Waals surface area contributed by atoms with Crippen LogP contribution in [0.1, 0.15) is 17.7 Å². The third-order valence-corrected chi connectivity index (χ3v) is 13.2. The number of hydrogen-bond acceptors (Lipinski definition) is 1. The van der Waals surface area contributed by atoms with Gasteiger partial charge in [0.25, 0.3) is 0 Å². The summed E-state index contributed by atoms with van der Waals surface area (Å²) >= 11 is 1.90. The molecule has 0 aliphatic heterocycles. The zero-order chi connectivity index (χ0) is 37.5. The molecule has 0 amide bonds. The summed E-state index contributed by atoms with van der Waals surface area (Å²) in [6, 6.07) is 67.1. The molecule has 1 aliphatic carbocycles. The van der Waals surface area contributed by atoms with E-state index in [9.17, 15) is 0 Å². The summed E-state index contributed by atoms with van der Waals surface area (Å²) in [5.41, 5.74) is 16.3. The van der Waals surface area contributed by atoms with Crippen molar-refractivity contribution in [3.8, 4) is 44.8 Å². The van der Waals surface area contributed by atoms with Crippen LogP contribution >= 0.6 is 11.3 Å². The molecule has 2 nitrogen and oxygen atoms in total. The highest BCUT2D eigenvalue weighted by atomic mass is 32.1. The monoisotopic (exact) mass is 744 g/mol. The zero-order valence-electron chi connectivity index (χ0n) is 31.2. The van der Waals surface area contributed by atoms with Gasteiger partial charge in [0.05, 0.1) is 16.6 Å². The van der Waals surface area contributed by atoms with E-state index in [-0.39, 0.29) is 0 Å². The summed E-state index contributed by atoms with van der Waals surface area (Å²) in [5, 5.41) is 6.48. The van der Waals surface area contributed by atoms with Crippen LogP contribution in [0, 0.1) is 0 Å². The molecule has 0 atom stereocenters. The van der Waals surface area contributed by atoms with Crippen molar-refractivity contribution in [1.29, 1.82) is 0 Å². The highest BCUT2D eigenvalue weighted by Gasteiger charge is 2.24. The second-order valence-corrected chi connectivity index (χ2v) is 16.2. The van der Waals surface area contributed by atoms with Crippen molar-refractivity contribution in [1.82, 2.24) is 9.13 Å². The fourth-order valence-corrected chi connectivity index (χ4v) is 10.6. The molecule has 0 radical (unpaired) electrons. The minimum Gasteiger partial charge on any atom is -0.313 e. The first kappa shape index (κ1) is 32.3. The molecule has 8 aromatic carbocycles. The quantitative estimate of drug-likeness (QED) is 0.166. The van der Waals surface area contributed by atoms with E-state index in [1.165, 1.54) is 109 Å². The molecule has 0 saturated heterocycles. The Morgan fingerprint density at radius 2 is 1.11 bits per heavy atom. The van der Waals surface area contributed by atoms with Gasteiger partial charge in [-0.05, 0) is 95.3 Å². The first-order chi connectivity index (χ1) is 28.3. The average molecular weight is 745 g/mol. The number of benzene rings is 8. The molecule has 3 heterocycles. The number of allylic oxidation sites excluding steroid dienone is 1. The number of fused-ring (bicyclic) bond motifs is 9. The lowest BCUT2D eigenvalue weighted by Gasteiger charge is -2.16. The van der Waals surface area contributed by atoms with Crippen LogP contribution in [0.15, 0.2) is 188 Å². The van der Waals surface area contributed by atoms with E-state index in [1.807, 2.05) is 11.3 Å². The van der Waals surface area contributed by atoms with Crippen LogP contribution < -0.4 is 0 Å². The number of para-hydroxylation sites is 2. The van der Waals surface area contributed by atoms with Gasteiger partial charge in [0.1, 0.15) is 0 Å². The molecule has 0 fully saturated rings. The predicted molar refractivity (Wildman–Crippen MR) is 244 cm³/mol. The summed E-state index contributed by atoms with van der Waals surface area (Å²) in [4.78, 5) is 0. The van der Waals surface area contributed by atoms with Gasteiger partial charge >= 0.3 is 0 Å². The van der Waals surface area contributed by atoms with Crippen molar-refractivity contribution in [2.24, 2.45) is 0 Å². The summed E-state index contributed by atoms with van der Waals surface area (Å²) < 4.78 is 7.62. The van der Waals surface area contributed by atoms with Crippen molar-refractivity contribution >= 4 is 70.3 Å². The number of aromatic nitrogens is 2. The summed E-state index contributed by atoms with van der Waals surface area (Å²) in [5.74, 6) is 0. The minimum atomic E-state index is 0.993. The Bertz CT molecular complexity index is 3380. The molecular formula is C54H36N2S. The topological polar surface area (TPSA) is 9.86 Å². The summed E-state index contributed by atoms with van der Waals surface area (Å²) in [7, 11) is 0. The van der Waals surface area contributed by atoms with Crippen LogP contribution in [0.4, 0.5) is 0 Å². The van der Waals surface area contributed by atoms with Gasteiger partial charge in [-0.1, -0.05) is 140 Å². The van der Waals surface area contributed by atoms with Gasteiger partial charge in [-0.15, -0.1) is 11.3 Å². The second kappa shape index (κ2) is 12.8. The SMILES string of the molecule is C1=Cc2c(n(-c3cc(-c4ccc(-c5ccccc5)cc4)c4sc5ccccc5c4c3)c3cccc(-c4ccc5c(c4)c4ccccc4n5-c4ccccc4)c23)CC1. The van der Waals surface area contributed by atoms with E-state index in [4.69, 9.17) is 0 Å². The van der Waals surface area contributed by atoms with Gasteiger partial charge in [0.15, 0.2) is 0 Å². The van der Waals surface area contributed by atoms with Crippen LogP contribution in [0.25, 0.3) is 104 Å². The minimum absolute atomic E-state index is 0.993. The van der Waals surface area contributed by atoms with E-state index < -0.39 is 0 Å². The zero-order valence-corrected chi connectivity index (χ0v) is 32.0. The van der Waals surface area contributed by atoms with Crippen LogP contribution in [0.2, 0.25) is 0 Å². The fourth-order valence-electron chi connectivity index (χ4n) is 9.43. The van der Waals surface area contributed by atoms with Gasteiger partial charge in [0, 0.05) is 64.5 Å². The standard InChI is InChI=1S/C54H36N2S/c1-3-14-35(15-4-1)36-26-28-37(29-27-36)45-33-40(34-47-43-19-9-12-25-52(43)57-54(45)47)56-49-23-11-8-20-44(49)53-41(21-13-24-51(53)56)38-30-31-50-46(32-38)42-18-7-10-22-48(42)55(50)39-16-5-2-6-17-39/h1-10,12-22,24-34H,11,23H2. The maximum absolute atomic E-state index is 2.57. The van der Waals surface area contributed by atoms with Crippen molar-refractivity contribution in [3.63, 3.8) is 0 Å². The van der Waals surface area contributed by atoms with Gasteiger partial charge in [-0.3, -0.25) is 0 Å². The van der Waals surface area contributed by atoms with Crippen LogP contribution in [-0.2, 0) is 6.42 Å². The van der Waals surface area contributed by atoms with Crippen molar-refractivity contribution in [2.45, 2.75) is 12.8 Å². The van der Waals surface area contributed by atoms with Gasteiger partial charge in [0.2, 0.25) is 0 Å². The Hall–Kier alpha value is -6.94. The lowest BCUT2D eigenvalue weighted by molar-refractivity contribution is 0.889. The Morgan fingerprint density at radius 3 is 1.96 bits per heavy atom. The van der Waals surface area contributed by atoms with Gasteiger partial charge < -0.3 is 9.13 Å². The number of nitrogens with zero attached hydrogens (tertiary/aromatic N) is 2. The molecule has 0 unspecified atom stereocenters. The first-order valence-electron chi connectivity index (χ1n) is 19.8.